The van der Waals surface area contributed by atoms with E-state index in [1.807, 2.05) is 11.8 Å². The van der Waals surface area contributed by atoms with Crippen LogP contribution in [0.5, 0.6) is 0 Å². The van der Waals surface area contributed by atoms with Crippen molar-refractivity contribution in [3.8, 4) is 0 Å². The second-order valence-corrected chi connectivity index (χ2v) is 5.51. The highest BCUT2D eigenvalue weighted by atomic mass is 35.5. The van der Waals surface area contributed by atoms with Crippen LogP contribution in [-0.2, 0) is 0 Å². The van der Waals surface area contributed by atoms with E-state index >= 15 is 0 Å². The molecule has 0 aliphatic carbocycles. The Morgan fingerprint density at radius 3 is 2.47 bits per heavy atom. The third-order valence-corrected chi connectivity index (χ3v) is 4.04. The van der Waals surface area contributed by atoms with Gasteiger partial charge in [0.1, 0.15) is 0 Å². The molecule has 0 radical (unpaired) electrons. The summed E-state index contributed by atoms with van der Waals surface area (Å²) >= 11 is 1.94. The van der Waals surface area contributed by atoms with Gasteiger partial charge < -0.3 is 10.6 Å². The van der Waals surface area contributed by atoms with Crippen molar-refractivity contribution in [2.45, 2.75) is 23.8 Å². The fourth-order valence-corrected chi connectivity index (χ4v) is 2.92. The number of rotatable bonds is 4. The molecule has 1 aliphatic rings. The number of halogens is 1. The highest BCUT2D eigenvalue weighted by molar-refractivity contribution is 7.99. The standard InChI is InChI=1S/C13H20N2S.ClH/c14-12-6-8-15(9-7-12)10-11-16-13-4-2-1-3-5-13;/h1-5,12H,6-11,14H2;1H. The Kier molecular flexibility index (Phi) is 6.97. The second kappa shape index (κ2) is 7.98. The average Bonchev–Trinajstić information content (AvgIpc) is 2.33. The molecule has 0 atom stereocenters. The van der Waals surface area contributed by atoms with Crippen molar-refractivity contribution < 1.29 is 0 Å². The SMILES string of the molecule is Cl.NC1CCN(CCSc2ccccc2)CC1. The van der Waals surface area contributed by atoms with Crippen molar-refractivity contribution in [1.82, 2.24) is 4.90 Å². The van der Waals surface area contributed by atoms with Gasteiger partial charge in [-0.3, -0.25) is 0 Å². The van der Waals surface area contributed by atoms with Crippen LogP contribution in [0.1, 0.15) is 12.8 Å². The molecule has 0 saturated carbocycles. The molecule has 1 aliphatic heterocycles. The molecule has 1 heterocycles. The summed E-state index contributed by atoms with van der Waals surface area (Å²) < 4.78 is 0. The fourth-order valence-electron chi connectivity index (χ4n) is 1.99. The average molecular weight is 273 g/mol. The molecule has 96 valence electrons. The molecule has 2 nitrogen and oxygen atoms in total. The van der Waals surface area contributed by atoms with Crippen molar-refractivity contribution in [1.29, 1.82) is 0 Å². The van der Waals surface area contributed by atoms with Crippen LogP contribution < -0.4 is 5.73 Å². The highest BCUT2D eigenvalue weighted by Crippen LogP contribution is 2.17. The molecular weight excluding hydrogens is 252 g/mol. The molecule has 2 rings (SSSR count). The maximum Gasteiger partial charge on any atom is 0.0108 e. The van der Waals surface area contributed by atoms with Gasteiger partial charge in [0.05, 0.1) is 0 Å². The van der Waals surface area contributed by atoms with E-state index in [1.165, 1.54) is 30.3 Å². The minimum absolute atomic E-state index is 0. The molecule has 1 aromatic carbocycles. The van der Waals surface area contributed by atoms with Crippen LogP contribution in [0.4, 0.5) is 0 Å². The second-order valence-electron chi connectivity index (χ2n) is 4.34. The quantitative estimate of drug-likeness (QED) is 0.855. The Bertz CT molecular complexity index is 300. The summed E-state index contributed by atoms with van der Waals surface area (Å²) in [6.07, 6.45) is 2.33. The van der Waals surface area contributed by atoms with E-state index in [0.29, 0.717) is 6.04 Å². The molecule has 4 heteroatoms. The van der Waals surface area contributed by atoms with Gasteiger partial charge in [-0.1, -0.05) is 18.2 Å². The number of benzene rings is 1. The Labute approximate surface area is 114 Å². The molecule has 0 amide bonds. The summed E-state index contributed by atoms with van der Waals surface area (Å²) in [5.74, 6) is 1.18. The van der Waals surface area contributed by atoms with E-state index < -0.39 is 0 Å². The Hall–Kier alpha value is -0.220. The Morgan fingerprint density at radius 1 is 1.18 bits per heavy atom. The van der Waals surface area contributed by atoms with Crippen LogP contribution >= 0.6 is 24.2 Å². The van der Waals surface area contributed by atoms with Crippen LogP contribution in [0.25, 0.3) is 0 Å². The number of hydrogen-bond acceptors (Lipinski definition) is 3. The van der Waals surface area contributed by atoms with E-state index in [4.69, 9.17) is 5.73 Å². The maximum atomic E-state index is 5.88. The molecule has 1 fully saturated rings. The predicted octanol–water partition coefficient (Wildman–Crippen LogP) is 2.62. The molecule has 17 heavy (non-hydrogen) atoms. The third-order valence-electron chi connectivity index (χ3n) is 3.05. The van der Waals surface area contributed by atoms with Crippen LogP contribution in [0.15, 0.2) is 35.2 Å². The van der Waals surface area contributed by atoms with Crippen LogP contribution in [0.2, 0.25) is 0 Å². The van der Waals surface area contributed by atoms with Crippen LogP contribution in [-0.4, -0.2) is 36.3 Å². The first-order chi connectivity index (χ1) is 7.84. The minimum atomic E-state index is 0. The molecule has 0 unspecified atom stereocenters. The lowest BCUT2D eigenvalue weighted by Crippen LogP contribution is -2.40. The summed E-state index contributed by atoms with van der Waals surface area (Å²) in [7, 11) is 0. The summed E-state index contributed by atoms with van der Waals surface area (Å²) in [5.41, 5.74) is 5.88. The molecule has 2 N–H and O–H groups in total. The minimum Gasteiger partial charge on any atom is -0.328 e. The van der Waals surface area contributed by atoms with E-state index in [-0.39, 0.29) is 12.4 Å². The van der Waals surface area contributed by atoms with Crippen molar-refractivity contribution in [3.05, 3.63) is 30.3 Å². The Balaban J connectivity index is 0.00000144. The van der Waals surface area contributed by atoms with Gasteiger partial charge in [-0.15, -0.1) is 24.2 Å². The van der Waals surface area contributed by atoms with Gasteiger partial charge in [-0.25, -0.2) is 0 Å². The topological polar surface area (TPSA) is 29.3 Å². The highest BCUT2D eigenvalue weighted by Gasteiger charge is 2.14. The molecular formula is C13H21ClN2S. The predicted molar refractivity (Wildman–Crippen MR) is 78.1 cm³/mol. The normalized spacial score (nSPS) is 17.7. The first kappa shape index (κ1) is 14.8. The van der Waals surface area contributed by atoms with Crippen molar-refractivity contribution in [2.75, 3.05) is 25.4 Å². The number of piperidine rings is 1. The number of nitrogens with two attached hydrogens (primary N) is 1. The first-order valence-corrected chi connectivity index (χ1v) is 6.99. The zero-order valence-corrected chi connectivity index (χ0v) is 11.7. The van der Waals surface area contributed by atoms with Crippen molar-refractivity contribution >= 4 is 24.2 Å². The van der Waals surface area contributed by atoms with E-state index in [9.17, 15) is 0 Å². The van der Waals surface area contributed by atoms with Gasteiger partial charge in [0.25, 0.3) is 0 Å². The summed E-state index contributed by atoms with van der Waals surface area (Å²) in [5, 5.41) is 0. The molecule has 0 bridgehead atoms. The largest absolute Gasteiger partial charge is 0.328 e. The van der Waals surface area contributed by atoms with Crippen LogP contribution in [0, 0.1) is 0 Å². The van der Waals surface area contributed by atoms with Crippen molar-refractivity contribution in [3.63, 3.8) is 0 Å². The lowest BCUT2D eigenvalue weighted by molar-refractivity contribution is 0.225. The van der Waals surface area contributed by atoms with Gasteiger partial charge in [-0.2, -0.15) is 0 Å². The fraction of sp³-hybridized carbons (Fsp3) is 0.538. The third kappa shape index (κ3) is 5.30. The first-order valence-electron chi connectivity index (χ1n) is 6.00. The van der Waals surface area contributed by atoms with Gasteiger partial charge in [0.15, 0.2) is 0 Å². The van der Waals surface area contributed by atoms with Gasteiger partial charge in [-0.05, 0) is 38.1 Å². The smallest absolute Gasteiger partial charge is 0.0108 e. The van der Waals surface area contributed by atoms with E-state index in [0.717, 1.165) is 12.8 Å². The number of nitrogens with zero attached hydrogens (tertiary/aromatic N) is 1. The number of likely N-dealkylation sites (tertiary alicyclic amines) is 1. The van der Waals surface area contributed by atoms with Gasteiger partial charge >= 0.3 is 0 Å². The molecule has 1 aromatic rings. The van der Waals surface area contributed by atoms with Gasteiger partial charge in [0, 0.05) is 23.2 Å². The lowest BCUT2D eigenvalue weighted by atomic mass is 10.1. The van der Waals surface area contributed by atoms with Crippen molar-refractivity contribution in [2.24, 2.45) is 5.73 Å². The lowest BCUT2D eigenvalue weighted by Gasteiger charge is -2.29. The monoisotopic (exact) mass is 272 g/mol. The van der Waals surface area contributed by atoms with E-state index in [2.05, 4.69) is 35.2 Å². The summed E-state index contributed by atoms with van der Waals surface area (Å²) in [6.45, 7) is 3.54. The summed E-state index contributed by atoms with van der Waals surface area (Å²) in [6, 6.07) is 11.1. The number of hydrogen-bond donors (Lipinski definition) is 1. The summed E-state index contributed by atoms with van der Waals surface area (Å²) in [4.78, 5) is 3.90. The maximum absolute atomic E-state index is 5.88. The molecule has 0 spiro atoms. The Morgan fingerprint density at radius 2 is 1.82 bits per heavy atom. The van der Waals surface area contributed by atoms with Crippen LogP contribution in [0.3, 0.4) is 0 Å². The zero-order valence-electron chi connectivity index (χ0n) is 10.0. The zero-order chi connectivity index (χ0) is 11.2. The molecule has 0 aromatic heterocycles. The molecule has 1 saturated heterocycles. The number of thioether (sulfide) groups is 1. The van der Waals surface area contributed by atoms with E-state index in [1.54, 1.807) is 0 Å². The van der Waals surface area contributed by atoms with Gasteiger partial charge in [0.2, 0.25) is 0 Å².